The van der Waals surface area contributed by atoms with E-state index in [4.69, 9.17) is 0 Å². The Bertz CT molecular complexity index is 420. The molecule has 0 fully saturated rings. The summed E-state index contributed by atoms with van der Waals surface area (Å²) in [6.07, 6.45) is 22.8. The number of rotatable bonds is 16. The van der Waals surface area contributed by atoms with Gasteiger partial charge >= 0.3 is 0 Å². The van der Waals surface area contributed by atoms with Gasteiger partial charge in [0.25, 0.3) is 5.82 Å². The fourth-order valence-corrected chi connectivity index (χ4v) is 3.79. The molecule has 0 aliphatic rings. The number of imidazole rings is 1. The second-order valence-electron chi connectivity index (χ2n) is 8.09. The van der Waals surface area contributed by atoms with E-state index in [-0.39, 0.29) is 0 Å². The van der Waals surface area contributed by atoms with Gasteiger partial charge in [-0.3, -0.25) is 0 Å². The molecule has 1 aromatic heterocycles. The number of aromatic nitrogens is 2. The summed E-state index contributed by atoms with van der Waals surface area (Å²) in [4.78, 5) is 0. The van der Waals surface area contributed by atoms with Crippen LogP contribution in [-0.4, -0.2) is 4.57 Å². The fraction of sp³-hybridized carbons (Fsp3) is 0.870. The van der Waals surface area contributed by atoms with Gasteiger partial charge < -0.3 is 0 Å². The molecule has 0 aliphatic heterocycles. The molecule has 2 nitrogen and oxygen atoms in total. The van der Waals surface area contributed by atoms with Gasteiger partial charge in [0, 0.05) is 0 Å². The highest BCUT2D eigenvalue weighted by Crippen LogP contribution is 2.14. The molecule has 0 saturated heterocycles. The third-order valence-electron chi connectivity index (χ3n) is 5.29. The van der Waals surface area contributed by atoms with Gasteiger partial charge in [-0.15, -0.1) is 0 Å². The van der Waals surface area contributed by atoms with Gasteiger partial charge in [0.15, 0.2) is 0 Å². The number of hydrogen-bond acceptors (Lipinski definition) is 0. The average molecular weight is 350 g/mol. The molecule has 0 spiro atoms. The molecule has 0 bridgehead atoms. The monoisotopic (exact) mass is 349 g/mol. The first-order valence-electron chi connectivity index (χ1n) is 11.3. The van der Waals surface area contributed by atoms with Crippen molar-refractivity contribution in [1.82, 2.24) is 4.57 Å². The van der Waals surface area contributed by atoms with Gasteiger partial charge in [-0.25, -0.2) is 9.13 Å². The van der Waals surface area contributed by atoms with Crippen molar-refractivity contribution in [3.63, 3.8) is 0 Å². The Morgan fingerprint density at radius 3 is 1.80 bits per heavy atom. The first-order valence-corrected chi connectivity index (χ1v) is 11.3. The van der Waals surface area contributed by atoms with Gasteiger partial charge in [-0.1, -0.05) is 91.9 Å². The molecule has 1 heterocycles. The summed E-state index contributed by atoms with van der Waals surface area (Å²) in [5, 5.41) is 0. The predicted octanol–water partition coefficient (Wildman–Crippen LogP) is 7.01. The van der Waals surface area contributed by atoms with E-state index in [0.717, 1.165) is 0 Å². The van der Waals surface area contributed by atoms with Crippen LogP contribution in [0.3, 0.4) is 0 Å². The Balaban J connectivity index is 2.14. The first-order chi connectivity index (χ1) is 12.2. The van der Waals surface area contributed by atoms with Gasteiger partial charge in [0.1, 0.15) is 12.4 Å². The van der Waals surface area contributed by atoms with Crippen LogP contribution >= 0.6 is 0 Å². The van der Waals surface area contributed by atoms with Crippen LogP contribution in [0.15, 0.2) is 12.4 Å². The van der Waals surface area contributed by atoms with Gasteiger partial charge in [-0.05, 0) is 19.3 Å². The van der Waals surface area contributed by atoms with E-state index in [1.807, 2.05) is 0 Å². The topological polar surface area (TPSA) is 8.81 Å². The normalized spacial score (nSPS) is 11.6. The lowest BCUT2D eigenvalue weighted by atomic mass is 10.1. The highest BCUT2D eigenvalue weighted by molar-refractivity contribution is 4.89. The van der Waals surface area contributed by atoms with Crippen LogP contribution < -0.4 is 4.57 Å². The number of hydrogen-bond donors (Lipinski definition) is 0. The summed E-state index contributed by atoms with van der Waals surface area (Å²) >= 11 is 0. The van der Waals surface area contributed by atoms with E-state index < -0.39 is 0 Å². The highest BCUT2D eigenvalue weighted by Gasteiger charge is 2.19. The van der Waals surface area contributed by atoms with Gasteiger partial charge in [0.05, 0.1) is 19.0 Å². The van der Waals surface area contributed by atoms with Crippen molar-refractivity contribution < 1.29 is 4.57 Å². The second-order valence-corrected chi connectivity index (χ2v) is 8.09. The van der Waals surface area contributed by atoms with E-state index >= 15 is 0 Å². The van der Waals surface area contributed by atoms with Crippen molar-refractivity contribution in [3.05, 3.63) is 18.2 Å². The van der Waals surface area contributed by atoms with Crippen LogP contribution in [-0.2, 0) is 13.1 Å². The summed E-state index contributed by atoms with van der Waals surface area (Å²) in [5.41, 5.74) is 0. The summed E-state index contributed by atoms with van der Waals surface area (Å²) in [6, 6.07) is 0. The second kappa shape index (κ2) is 14.4. The SMILES string of the molecule is CCCCCCCCCCCCCn1cc[n+](CCCC)c1C(C)C. The van der Waals surface area contributed by atoms with Crippen molar-refractivity contribution in [2.75, 3.05) is 0 Å². The molecule has 1 aromatic rings. The molecule has 0 aromatic carbocycles. The Hall–Kier alpha value is -0.790. The number of unbranched alkanes of at least 4 members (excludes halogenated alkanes) is 11. The smallest absolute Gasteiger partial charge is 0.234 e. The zero-order valence-electron chi connectivity index (χ0n) is 17.7. The molecular weight excluding hydrogens is 304 g/mol. The lowest BCUT2D eigenvalue weighted by molar-refractivity contribution is -0.705. The van der Waals surface area contributed by atoms with Crippen LogP contribution in [0.2, 0.25) is 0 Å². The molecule has 0 atom stereocenters. The molecule has 0 unspecified atom stereocenters. The third kappa shape index (κ3) is 9.47. The van der Waals surface area contributed by atoms with E-state index in [9.17, 15) is 0 Å². The zero-order valence-corrected chi connectivity index (χ0v) is 17.7. The van der Waals surface area contributed by atoms with E-state index in [1.54, 1.807) is 0 Å². The van der Waals surface area contributed by atoms with Crippen molar-refractivity contribution in [3.8, 4) is 0 Å². The highest BCUT2D eigenvalue weighted by atomic mass is 15.1. The van der Waals surface area contributed by atoms with E-state index in [2.05, 4.69) is 49.2 Å². The molecule has 146 valence electrons. The summed E-state index contributed by atoms with van der Waals surface area (Å²) in [6.45, 7) is 11.6. The number of nitrogens with zero attached hydrogens (tertiary/aromatic N) is 2. The molecule has 2 heteroatoms. The molecule has 0 aliphatic carbocycles. The van der Waals surface area contributed by atoms with Crippen molar-refractivity contribution in [2.45, 2.75) is 130 Å². The minimum absolute atomic E-state index is 0.611. The molecule has 0 saturated carbocycles. The van der Waals surface area contributed by atoms with Crippen molar-refractivity contribution >= 4 is 0 Å². The molecule has 0 amide bonds. The lowest BCUT2D eigenvalue weighted by Crippen LogP contribution is -2.38. The minimum atomic E-state index is 0.611. The summed E-state index contributed by atoms with van der Waals surface area (Å²) < 4.78 is 4.99. The van der Waals surface area contributed by atoms with Crippen LogP contribution in [0.1, 0.15) is 123 Å². The van der Waals surface area contributed by atoms with Gasteiger partial charge in [0.2, 0.25) is 0 Å². The molecule has 25 heavy (non-hydrogen) atoms. The van der Waals surface area contributed by atoms with E-state index in [0.29, 0.717) is 5.92 Å². The molecular formula is C23H45N2+. The Morgan fingerprint density at radius 1 is 0.760 bits per heavy atom. The number of aryl methyl sites for hydroxylation is 2. The largest absolute Gasteiger partial charge is 0.258 e. The molecule has 0 N–H and O–H groups in total. The fourth-order valence-electron chi connectivity index (χ4n) is 3.79. The van der Waals surface area contributed by atoms with Crippen LogP contribution in [0.4, 0.5) is 0 Å². The average Bonchev–Trinajstić information content (AvgIpc) is 3.01. The zero-order chi connectivity index (χ0) is 18.3. The lowest BCUT2D eigenvalue weighted by Gasteiger charge is -2.08. The van der Waals surface area contributed by atoms with E-state index in [1.165, 1.54) is 102 Å². The maximum absolute atomic E-state index is 2.51. The Morgan fingerprint density at radius 2 is 1.28 bits per heavy atom. The maximum atomic E-state index is 2.51. The quantitative estimate of drug-likeness (QED) is 0.224. The van der Waals surface area contributed by atoms with Crippen LogP contribution in [0.5, 0.6) is 0 Å². The summed E-state index contributed by atoms with van der Waals surface area (Å²) in [5.74, 6) is 2.13. The van der Waals surface area contributed by atoms with Gasteiger partial charge in [-0.2, -0.15) is 0 Å². The maximum Gasteiger partial charge on any atom is 0.258 e. The van der Waals surface area contributed by atoms with Crippen LogP contribution in [0.25, 0.3) is 0 Å². The Kier molecular flexibility index (Phi) is 12.8. The third-order valence-corrected chi connectivity index (χ3v) is 5.29. The van der Waals surface area contributed by atoms with Crippen LogP contribution in [0, 0.1) is 0 Å². The molecule has 0 radical (unpaired) electrons. The van der Waals surface area contributed by atoms with Crippen molar-refractivity contribution in [1.29, 1.82) is 0 Å². The predicted molar refractivity (Wildman–Crippen MR) is 110 cm³/mol. The molecule has 1 rings (SSSR count). The first kappa shape index (κ1) is 22.3. The Labute approximate surface area is 158 Å². The van der Waals surface area contributed by atoms with Crippen molar-refractivity contribution in [2.24, 2.45) is 0 Å². The minimum Gasteiger partial charge on any atom is -0.234 e. The standard InChI is InChI=1S/C23H45N2/c1-5-7-9-10-11-12-13-14-15-16-17-19-25-21-20-24(18-8-6-2)23(25)22(3)4/h20-22H,5-19H2,1-4H3/q+1. The summed E-state index contributed by atoms with van der Waals surface area (Å²) in [7, 11) is 0.